The third-order valence-corrected chi connectivity index (χ3v) is 4.02. The van der Waals surface area contributed by atoms with Crippen molar-refractivity contribution in [2.75, 3.05) is 12.4 Å². The van der Waals surface area contributed by atoms with Crippen LogP contribution in [0.1, 0.15) is 18.4 Å². The second kappa shape index (κ2) is 5.03. The summed E-state index contributed by atoms with van der Waals surface area (Å²) in [4.78, 5) is 0. The summed E-state index contributed by atoms with van der Waals surface area (Å²) in [6.45, 7) is 1.61. The van der Waals surface area contributed by atoms with Gasteiger partial charge in [0.15, 0.2) is 0 Å². The molecule has 0 bridgehead atoms. The van der Waals surface area contributed by atoms with Gasteiger partial charge in [0.2, 0.25) is 0 Å². The molecule has 1 N–H and O–H groups in total. The Labute approximate surface area is 109 Å². The van der Waals surface area contributed by atoms with E-state index in [4.69, 9.17) is 11.6 Å². The van der Waals surface area contributed by atoms with E-state index in [-0.39, 0.29) is 5.82 Å². The average Bonchev–Trinajstić information content (AvgIpc) is 2.97. The summed E-state index contributed by atoms with van der Waals surface area (Å²) in [6.07, 6.45) is 2.41. The van der Waals surface area contributed by atoms with Crippen LogP contribution in [0.2, 0.25) is 0 Å². The summed E-state index contributed by atoms with van der Waals surface area (Å²) >= 11 is 9.16. The normalized spacial score (nSPS) is 17.4. The molecule has 0 aromatic heterocycles. The number of nitrogens with one attached hydrogen (secondary N) is 1. The van der Waals surface area contributed by atoms with E-state index in [2.05, 4.69) is 21.2 Å². The van der Waals surface area contributed by atoms with E-state index >= 15 is 0 Å². The molecular formula is C12H14BrClFN. The average molecular weight is 307 g/mol. The first kappa shape index (κ1) is 12.3. The van der Waals surface area contributed by atoms with Gasteiger partial charge in [0, 0.05) is 23.4 Å². The van der Waals surface area contributed by atoms with Gasteiger partial charge in [-0.1, -0.05) is 15.9 Å². The molecule has 1 aliphatic rings. The third-order valence-electron chi connectivity index (χ3n) is 2.99. The smallest absolute Gasteiger partial charge is 0.124 e. The van der Waals surface area contributed by atoms with Crippen LogP contribution in [0.15, 0.2) is 22.7 Å². The lowest BCUT2D eigenvalue weighted by Crippen LogP contribution is -2.24. The van der Waals surface area contributed by atoms with Crippen molar-refractivity contribution in [2.45, 2.75) is 19.4 Å². The fourth-order valence-corrected chi connectivity index (χ4v) is 2.59. The molecule has 1 aromatic carbocycles. The Kier molecular flexibility index (Phi) is 3.88. The largest absolute Gasteiger partial charge is 0.312 e. The molecule has 0 radical (unpaired) electrons. The van der Waals surface area contributed by atoms with Gasteiger partial charge < -0.3 is 5.32 Å². The molecule has 0 saturated heterocycles. The molecule has 0 heterocycles. The molecule has 16 heavy (non-hydrogen) atoms. The quantitative estimate of drug-likeness (QED) is 0.818. The van der Waals surface area contributed by atoms with Crippen molar-refractivity contribution in [3.8, 4) is 0 Å². The maximum atomic E-state index is 13.1. The van der Waals surface area contributed by atoms with Crippen molar-refractivity contribution in [1.82, 2.24) is 5.32 Å². The van der Waals surface area contributed by atoms with Gasteiger partial charge in [-0.05, 0) is 42.0 Å². The van der Waals surface area contributed by atoms with E-state index in [0.717, 1.165) is 16.6 Å². The maximum absolute atomic E-state index is 13.1. The van der Waals surface area contributed by atoms with Crippen molar-refractivity contribution in [2.24, 2.45) is 5.41 Å². The minimum absolute atomic E-state index is 0.204. The Bertz CT molecular complexity index is 359. The second-order valence-electron chi connectivity index (χ2n) is 4.51. The molecule has 0 amide bonds. The van der Waals surface area contributed by atoms with Gasteiger partial charge in [0.05, 0.1) is 0 Å². The van der Waals surface area contributed by atoms with Gasteiger partial charge in [-0.3, -0.25) is 0 Å². The van der Waals surface area contributed by atoms with Crippen LogP contribution >= 0.6 is 27.5 Å². The van der Waals surface area contributed by atoms with Crippen molar-refractivity contribution >= 4 is 27.5 Å². The van der Waals surface area contributed by atoms with Crippen LogP contribution in [0.25, 0.3) is 0 Å². The summed E-state index contributed by atoms with van der Waals surface area (Å²) in [5.74, 6) is 0.511. The van der Waals surface area contributed by atoms with E-state index in [1.807, 2.05) is 6.07 Å². The fourth-order valence-electron chi connectivity index (χ4n) is 1.72. The highest BCUT2D eigenvalue weighted by Gasteiger charge is 2.40. The summed E-state index contributed by atoms with van der Waals surface area (Å²) < 4.78 is 13.9. The molecule has 1 aromatic rings. The number of hydrogen-bond donors (Lipinski definition) is 1. The highest BCUT2D eigenvalue weighted by atomic mass is 79.9. The molecule has 1 nitrogen and oxygen atoms in total. The molecule has 88 valence electrons. The van der Waals surface area contributed by atoms with Crippen LogP contribution in [0, 0.1) is 11.2 Å². The van der Waals surface area contributed by atoms with Crippen LogP contribution in [0.5, 0.6) is 0 Å². The Hall–Kier alpha value is -0.120. The second-order valence-corrected chi connectivity index (χ2v) is 5.70. The Morgan fingerprint density at radius 1 is 1.38 bits per heavy atom. The summed E-state index contributed by atoms with van der Waals surface area (Å²) in [6, 6.07) is 4.94. The van der Waals surface area contributed by atoms with Gasteiger partial charge in [-0.25, -0.2) is 4.39 Å². The Morgan fingerprint density at radius 2 is 2.12 bits per heavy atom. The predicted octanol–water partition coefficient (Wildman–Crippen LogP) is 3.70. The highest BCUT2D eigenvalue weighted by Crippen LogP contribution is 2.45. The van der Waals surface area contributed by atoms with E-state index in [9.17, 15) is 4.39 Å². The lowest BCUT2D eigenvalue weighted by Gasteiger charge is -2.12. The Morgan fingerprint density at radius 3 is 2.69 bits per heavy atom. The zero-order valence-electron chi connectivity index (χ0n) is 8.90. The van der Waals surface area contributed by atoms with Crippen molar-refractivity contribution in [3.63, 3.8) is 0 Å². The number of alkyl halides is 1. The fraction of sp³-hybridized carbons (Fsp3) is 0.500. The van der Waals surface area contributed by atoms with Gasteiger partial charge in [0.25, 0.3) is 0 Å². The zero-order valence-corrected chi connectivity index (χ0v) is 11.2. The van der Waals surface area contributed by atoms with Gasteiger partial charge in [0.1, 0.15) is 5.82 Å². The molecule has 0 unspecified atom stereocenters. The first-order chi connectivity index (χ1) is 7.63. The topological polar surface area (TPSA) is 12.0 Å². The van der Waals surface area contributed by atoms with Crippen molar-refractivity contribution in [3.05, 3.63) is 34.1 Å². The van der Waals surface area contributed by atoms with Crippen LogP contribution < -0.4 is 5.32 Å². The SMILES string of the molecule is Fc1cc(Br)cc(CNCC2(CCl)CC2)c1. The van der Waals surface area contributed by atoms with E-state index in [1.54, 1.807) is 6.07 Å². The monoisotopic (exact) mass is 305 g/mol. The van der Waals surface area contributed by atoms with Crippen LogP contribution in [0.4, 0.5) is 4.39 Å². The van der Waals surface area contributed by atoms with Crippen LogP contribution in [-0.2, 0) is 6.54 Å². The van der Waals surface area contributed by atoms with E-state index in [0.29, 0.717) is 17.8 Å². The van der Waals surface area contributed by atoms with E-state index < -0.39 is 0 Å². The standard InChI is InChI=1S/C12H14BrClFN/c13-10-3-9(4-11(15)5-10)6-16-8-12(7-14)1-2-12/h3-5,16H,1-2,6-8H2. The third kappa shape index (κ3) is 3.19. The van der Waals surface area contributed by atoms with E-state index in [1.165, 1.54) is 18.9 Å². The van der Waals surface area contributed by atoms with Gasteiger partial charge in [-0.15, -0.1) is 11.6 Å². The maximum Gasteiger partial charge on any atom is 0.124 e. The summed E-state index contributed by atoms with van der Waals surface area (Å²) in [5, 5.41) is 3.34. The molecule has 0 atom stereocenters. The Balaban J connectivity index is 1.85. The molecule has 1 aliphatic carbocycles. The molecule has 2 rings (SSSR count). The minimum atomic E-state index is -0.204. The summed E-state index contributed by atoms with van der Waals surface area (Å²) in [5.41, 5.74) is 1.27. The first-order valence-electron chi connectivity index (χ1n) is 5.35. The summed E-state index contributed by atoms with van der Waals surface area (Å²) in [7, 11) is 0. The van der Waals surface area contributed by atoms with Crippen LogP contribution in [0.3, 0.4) is 0 Å². The van der Waals surface area contributed by atoms with Gasteiger partial charge in [-0.2, -0.15) is 0 Å². The van der Waals surface area contributed by atoms with Crippen molar-refractivity contribution < 1.29 is 4.39 Å². The molecule has 1 fully saturated rings. The van der Waals surface area contributed by atoms with Gasteiger partial charge >= 0.3 is 0 Å². The van der Waals surface area contributed by atoms with Crippen molar-refractivity contribution in [1.29, 1.82) is 0 Å². The highest BCUT2D eigenvalue weighted by molar-refractivity contribution is 9.10. The zero-order chi connectivity index (χ0) is 11.6. The predicted molar refractivity (Wildman–Crippen MR) is 68.2 cm³/mol. The molecule has 4 heteroatoms. The molecule has 1 saturated carbocycles. The molecule has 0 spiro atoms. The minimum Gasteiger partial charge on any atom is -0.312 e. The lowest BCUT2D eigenvalue weighted by atomic mass is 10.1. The number of hydrogen-bond acceptors (Lipinski definition) is 1. The number of halogens is 3. The lowest BCUT2D eigenvalue weighted by molar-refractivity contribution is 0.504. The molecule has 0 aliphatic heterocycles. The van der Waals surface area contributed by atoms with Crippen LogP contribution in [-0.4, -0.2) is 12.4 Å². The number of rotatable bonds is 5. The first-order valence-corrected chi connectivity index (χ1v) is 6.68. The number of benzene rings is 1. The molecular weight excluding hydrogens is 292 g/mol.